The van der Waals surface area contributed by atoms with Crippen molar-refractivity contribution in [1.29, 1.82) is 0 Å². The van der Waals surface area contributed by atoms with Gasteiger partial charge in [0.05, 0.1) is 0 Å². The Labute approximate surface area is 130 Å². The molecule has 1 aliphatic heterocycles. The number of anilines is 1. The highest BCUT2D eigenvalue weighted by Crippen LogP contribution is 2.36. The molecule has 0 spiro atoms. The van der Waals surface area contributed by atoms with E-state index in [4.69, 9.17) is 0 Å². The van der Waals surface area contributed by atoms with Crippen LogP contribution in [0, 0.1) is 5.82 Å². The number of carbonyl (C=O) groups excluding carboxylic acids is 1. The summed E-state index contributed by atoms with van der Waals surface area (Å²) in [6.07, 6.45) is 1.77. The maximum absolute atomic E-state index is 13.0. The highest BCUT2D eigenvalue weighted by Gasteiger charge is 2.24. The maximum atomic E-state index is 13.0. The van der Waals surface area contributed by atoms with Gasteiger partial charge in [-0.1, -0.05) is 31.2 Å². The van der Waals surface area contributed by atoms with Crippen LogP contribution in [0.25, 0.3) is 0 Å². The normalized spacial score (nSPS) is 17.2. The van der Waals surface area contributed by atoms with E-state index >= 15 is 0 Å². The van der Waals surface area contributed by atoms with E-state index in [2.05, 4.69) is 19.1 Å². The molecule has 3 heteroatoms. The van der Waals surface area contributed by atoms with Gasteiger partial charge in [-0.3, -0.25) is 4.79 Å². The van der Waals surface area contributed by atoms with Crippen LogP contribution in [-0.4, -0.2) is 12.5 Å². The van der Waals surface area contributed by atoms with Gasteiger partial charge in [-0.2, -0.15) is 0 Å². The van der Waals surface area contributed by atoms with E-state index in [0.29, 0.717) is 5.92 Å². The van der Waals surface area contributed by atoms with Crippen molar-refractivity contribution in [3.63, 3.8) is 0 Å². The van der Waals surface area contributed by atoms with Crippen LogP contribution in [0.4, 0.5) is 10.1 Å². The van der Waals surface area contributed by atoms with Crippen molar-refractivity contribution < 1.29 is 9.18 Å². The first-order chi connectivity index (χ1) is 10.5. The summed E-state index contributed by atoms with van der Waals surface area (Å²) >= 11 is 0. The van der Waals surface area contributed by atoms with Crippen molar-refractivity contribution in [3.8, 4) is 0 Å². The van der Waals surface area contributed by atoms with E-state index in [9.17, 15) is 9.18 Å². The van der Waals surface area contributed by atoms with Crippen LogP contribution in [-0.2, 0) is 11.2 Å². The van der Waals surface area contributed by atoms with E-state index < -0.39 is 0 Å². The van der Waals surface area contributed by atoms with Gasteiger partial charge in [0, 0.05) is 19.2 Å². The summed E-state index contributed by atoms with van der Waals surface area (Å²) in [5.41, 5.74) is 4.56. The van der Waals surface area contributed by atoms with Crippen molar-refractivity contribution in [2.75, 3.05) is 11.4 Å². The van der Waals surface area contributed by atoms with Gasteiger partial charge in [-0.15, -0.1) is 0 Å². The fourth-order valence-corrected chi connectivity index (χ4v) is 3.12. The molecular weight excluding hydrogens is 277 g/mol. The third-order valence-corrected chi connectivity index (χ3v) is 4.40. The number of carbonyl (C=O) groups is 1. The van der Waals surface area contributed by atoms with Crippen LogP contribution in [0.15, 0.2) is 42.5 Å². The number of fused-ring (bicyclic) bond motifs is 1. The van der Waals surface area contributed by atoms with Crippen molar-refractivity contribution in [2.45, 2.75) is 32.6 Å². The second-order valence-corrected chi connectivity index (χ2v) is 6.06. The van der Waals surface area contributed by atoms with Crippen LogP contribution in [0.1, 0.15) is 42.9 Å². The minimum absolute atomic E-state index is 0.0967. The lowest BCUT2D eigenvalue weighted by Gasteiger charge is -2.32. The molecule has 2 aromatic carbocycles. The molecule has 0 radical (unpaired) electrons. The summed E-state index contributed by atoms with van der Waals surface area (Å²) in [5, 5.41) is 0. The van der Waals surface area contributed by atoms with Crippen LogP contribution in [0.2, 0.25) is 0 Å². The fourth-order valence-electron chi connectivity index (χ4n) is 3.12. The number of amides is 1. The number of halogens is 1. The molecule has 1 aliphatic rings. The van der Waals surface area contributed by atoms with Gasteiger partial charge in [0.15, 0.2) is 0 Å². The zero-order valence-electron chi connectivity index (χ0n) is 13.0. The lowest BCUT2D eigenvalue weighted by atomic mass is 9.89. The van der Waals surface area contributed by atoms with Gasteiger partial charge in [-0.05, 0) is 53.6 Å². The molecule has 2 aromatic rings. The Morgan fingerprint density at radius 1 is 1.18 bits per heavy atom. The summed E-state index contributed by atoms with van der Waals surface area (Å²) in [4.78, 5) is 13.6. The van der Waals surface area contributed by atoms with Gasteiger partial charge in [0.1, 0.15) is 5.82 Å². The summed E-state index contributed by atoms with van der Waals surface area (Å²) in [6, 6.07) is 12.9. The molecule has 0 unspecified atom stereocenters. The largest absolute Gasteiger partial charge is 0.312 e. The lowest BCUT2D eigenvalue weighted by molar-refractivity contribution is -0.116. The van der Waals surface area contributed by atoms with Gasteiger partial charge < -0.3 is 4.90 Å². The molecule has 3 rings (SSSR count). The molecule has 1 atom stereocenters. The van der Waals surface area contributed by atoms with Crippen molar-refractivity contribution in [1.82, 2.24) is 0 Å². The predicted octanol–water partition coefficient (Wildman–Crippen LogP) is 4.28. The first-order valence-corrected chi connectivity index (χ1v) is 7.70. The van der Waals surface area contributed by atoms with Crippen LogP contribution < -0.4 is 4.90 Å². The van der Waals surface area contributed by atoms with Crippen LogP contribution in [0.5, 0.6) is 0 Å². The molecule has 1 amide bonds. The summed E-state index contributed by atoms with van der Waals surface area (Å²) in [5.74, 6) is 0.345. The SMILES string of the molecule is CC(=O)N1CC[C@H](C)c2cc(Cc3ccc(F)cc3)ccc21. The molecule has 0 saturated heterocycles. The number of rotatable bonds is 2. The lowest BCUT2D eigenvalue weighted by Crippen LogP contribution is -2.34. The molecular formula is C19H20FNO. The second-order valence-electron chi connectivity index (χ2n) is 6.06. The van der Waals surface area contributed by atoms with Crippen LogP contribution >= 0.6 is 0 Å². The van der Waals surface area contributed by atoms with E-state index in [1.807, 2.05) is 23.1 Å². The summed E-state index contributed by atoms with van der Waals surface area (Å²) in [6.45, 7) is 4.62. The molecule has 0 fully saturated rings. The van der Waals surface area contributed by atoms with E-state index in [-0.39, 0.29) is 11.7 Å². The molecule has 0 saturated carbocycles. The Bertz CT molecular complexity index is 693. The number of hydrogen-bond acceptors (Lipinski definition) is 1. The average molecular weight is 297 g/mol. The minimum Gasteiger partial charge on any atom is -0.312 e. The first kappa shape index (κ1) is 14.8. The topological polar surface area (TPSA) is 20.3 Å². The summed E-state index contributed by atoms with van der Waals surface area (Å²) in [7, 11) is 0. The molecule has 0 aliphatic carbocycles. The Hall–Kier alpha value is -2.16. The summed E-state index contributed by atoms with van der Waals surface area (Å²) < 4.78 is 13.0. The number of hydrogen-bond donors (Lipinski definition) is 0. The van der Waals surface area contributed by atoms with Gasteiger partial charge in [0.2, 0.25) is 5.91 Å². The Morgan fingerprint density at radius 3 is 2.55 bits per heavy atom. The highest BCUT2D eigenvalue weighted by atomic mass is 19.1. The molecule has 0 N–H and O–H groups in total. The molecule has 114 valence electrons. The Morgan fingerprint density at radius 2 is 1.86 bits per heavy atom. The van der Waals surface area contributed by atoms with Crippen molar-refractivity contribution >= 4 is 11.6 Å². The van der Waals surface area contributed by atoms with Crippen molar-refractivity contribution in [2.24, 2.45) is 0 Å². The maximum Gasteiger partial charge on any atom is 0.223 e. The van der Waals surface area contributed by atoms with Gasteiger partial charge in [0.25, 0.3) is 0 Å². The first-order valence-electron chi connectivity index (χ1n) is 7.70. The van der Waals surface area contributed by atoms with E-state index in [0.717, 1.165) is 30.6 Å². The molecule has 0 aromatic heterocycles. The Kier molecular flexibility index (Phi) is 3.97. The third kappa shape index (κ3) is 2.89. The van der Waals surface area contributed by atoms with Crippen LogP contribution in [0.3, 0.4) is 0 Å². The molecule has 22 heavy (non-hydrogen) atoms. The van der Waals surface area contributed by atoms with E-state index in [1.165, 1.54) is 23.3 Å². The zero-order chi connectivity index (χ0) is 15.7. The van der Waals surface area contributed by atoms with Gasteiger partial charge >= 0.3 is 0 Å². The quantitative estimate of drug-likeness (QED) is 0.810. The standard InChI is InChI=1S/C19H20FNO/c1-13-9-10-21(14(2)22)19-8-5-16(12-18(13)19)11-15-3-6-17(20)7-4-15/h3-8,12-13H,9-11H2,1-2H3/t13-/m0/s1. The van der Waals surface area contributed by atoms with E-state index in [1.54, 1.807) is 6.92 Å². The zero-order valence-corrected chi connectivity index (χ0v) is 13.0. The highest BCUT2D eigenvalue weighted by molar-refractivity contribution is 5.93. The number of nitrogens with zero attached hydrogens (tertiary/aromatic N) is 1. The third-order valence-electron chi connectivity index (χ3n) is 4.40. The molecule has 1 heterocycles. The fraction of sp³-hybridized carbons (Fsp3) is 0.316. The molecule has 2 nitrogen and oxygen atoms in total. The minimum atomic E-state index is -0.208. The molecule has 0 bridgehead atoms. The predicted molar refractivity (Wildman–Crippen MR) is 86.7 cm³/mol. The van der Waals surface area contributed by atoms with Gasteiger partial charge in [-0.25, -0.2) is 4.39 Å². The Balaban J connectivity index is 1.90. The second kappa shape index (κ2) is 5.91. The monoisotopic (exact) mass is 297 g/mol. The smallest absolute Gasteiger partial charge is 0.223 e. The average Bonchev–Trinajstić information content (AvgIpc) is 2.50. The number of benzene rings is 2. The van der Waals surface area contributed by atoms with Crippen molar-refractivity contribution in [3.05, 3.63) is 65.0 Å².